The molecule has 0 radical (unpaired) electrons. The van der Waals surface area contributed by atoms with Gasteiger partial charge in [0.15, 0.2) is 6.20 Å². The highest BCUT2D eigenvalue weighted by molar-refractivity contribution is 6.30. The van der Waals surface area contributed by atoms with Crippen molar-refractivity contribution in [1.82, 2.24) is 10.7 Å². The molecule has 1 aromatic rings. The lowest BCUT2D eigenvalue weighted by molar-refractivity contribution is -0.839. The number of benzene rings is 1. The second-order valence-electron chi connectivity index (χ2n) is 8.68. The summed E-state index contributed by atoms with van der Waals surface area (Å²) in [6, 6.07) is 5.86. The van der Waals surface area contributed by atoms with E-state index >= 15 is 0 Å². The van der Waals surface area contributed by atoms with Crippen LogP contribution in [0.3, 0.4) is 0 Å². The quantitative estimate of drug-likeness (QED) is 0.573. The Morgan fingerprint density at radius 1 is 1.27 bits per heavy atom. The Hall–Kier alpha value is -2.88. The molecule has 0 aromatic heterocycles. The van der Waals surface area contributed by atoms with E-state index in [4.69, 9.17) is 5.10 Å². The van der Waals surface area contributed by atoms with Crippen molar-refractivity contribution in [3.63, 3.8) is 0 Å². The highest BCUT2D eigenvalue weighted by Crippen LogP contribution is 2.38. The smallest absolute Gasteiger partial charge is 0.301 e. The van der Waals surface area contributed by atoms with Crippen molar-refractivity contribution in [3.8, 4) is 0 Å². The number of rotatable bonds is 4. The number of piperidine rings is 1. The van der Waals surface area contributed by atoms with Gasteiger partial charge in [-0.1, -0.05) is 6.07 Å². The van der Waals surface area contributed by atoms with E-state index in [1.807, 2.05) is 38.2 Å². The second-order valence-corrected chi connectivity index (χ2v) is 8.68. The molecule has 0 saturated carbocycles. The van der Waals surface area contributed by atoms with Crippen LogP contribution < -0.4 is 21.4 Å². The lowest BCUT2D eigenvalue weighted by Gasteiger charge is -2.28. The van der Waals surface area contributed by atoms with Crippen LogP contribution >= 0.6 is 0 Å². The van der Waals surface area contributed by atoms with Crippen LogP contribution in [0.4, 0.5) is 11.4 Å². The Bertz CT molecular complexity index is 1000. The van der Waals surface area contributed by atoms with Crippen molar-refractivity contribution in [2.24, 2.45) is 21.0 Å². The summed E-state index contributed by atoms with van der Waals surface area (Å²) < 4.78 is 0.116. The van der Waals surface area contributed by atoms with E-state index in [1.165, 1.54) is 0 Å². The van der Waals surface area contributed by atoms with Crippen LogP contribution in [0, 0.1) is 5.92 Å². The number of carbonyl (C=O) groups is 1. The number of amides is 1. The second kappa shape index (κ2) is 7.12. The maximum absolute atomic E-state index is 12.2. The van der Waals surface area contributed by atoms with Crippen molar-refractivity contribution in [2.45, 2.75) is 32.1 Å². The van der Waals surface area contributed by atoms with Gasteiger partial charge < -0.3 is 16.0 Å². The van der Waals surface area contributed by atoms with Gasteiger partial charge in [0.2, 0.25) is 5.91 Å². The van der Waals surface area contributed by atoms with E-state index in [9.17, 15) is 4.79 Å². The van der Waals surface area contributed by atoms with Crippen molar-refractivity contribution >= 4 is 35.3 Å². The van der Waals surface area contributed by atoms with Gasteiger partial charge in [-0.05, 0) is 73.2 Å². The number of aliphatic imine (C=N–C) groups is 2. The predicted molar refractivity (Wildman–Crippen MR) is 118 cm³/mol. The van der Waals surface area contributed by atoms with Crippen LogP contribution in [0.1, 0.15) is 32.3 Å². The first-order chi connectivity index (χ1) is 14.5. The normalized spacial score (nSPS) is 26.7. The molecule has 5 rings (SSSR count). The molecule has 1 aromatic carbocycles. The Balaban J connectivity index is 1.35. The molecule has 1 fully saturated rings. The molecule has 9 nitrogen and oxygen atoms in total. The first-order valence-electron chi connectivity index (χ1n) is 10.4. The van der Waals surface area contributed by atoms with Gasteiger partial charge >= 0.3 is 5.84 Å². The van der Waals surface area contributed by atoms with Crippen molar-refractivity contribution in [3.05, 3.63) is 36.2 Å². The zero-order chi connectivity index (χ0) is 20.8. The van der Waals surface area contributed by atoms with Gasteiger partial charge in [0, 0.05) is 11.4 Å². The first kappa shape index (κ1) is 19.1. The topological polar surface area (TPSA) is 102 Å². The SMILES string of the molecule is CC1(C)C(=O)Nc2cc(NC3=N[N+]4(NCC5CCNCC5)C=CN=CC4=N3)ccc21. The predicted octanol–water partition coefficient (Wildman–Crippen LogP) is 1.89. The minimum atomic E-state index is -0.519. The molecule has 4 aliphatic heterocycles. The Labute approximate surface area is 175 Å². The molecule has 1 amide bonds. The van der Waals surface area contributed by atoms with Crippen LogP contribution in [-0.4, -0.2) is 48.3 Å². The summed E-state index contributed by atoms with van der Waals surface area (Å²) in [4.78, 5) is 21.1. The molecule has 1 saturated heterocycles. The number of nitrogens with one attached hydrogen (secondary N) is 4. The van der Waals surface area contributed by atoms with Gasteiger partial charge in [0.1, 0.15) is 6.21 Å². The largest absolute Gasteiger partial charge is 0.325 e. The number of fused-ring (bicyclic) bond motifs is 2. The van der Waals surface area contributed by atoms with E-state index in [-0.39, 0.29) is 10.6 Å². The fourth-order valence-corrected chi connectivity index (χ4v) is 4.26. The van der Waals surface area contributed by atoms with Gasteiger partial charge in [-0.15, -0.1) is 10.4 Å². The molecule has 1 unspecified atom stereocenters. The van der Waals surface area contributed by atoms with E-state index in [0.717, 1.165) is 55.2 Å². The summed E-state index contributed by atoms with van der Waals surface area (Å²) in [6.45, 7) is 6.84. The third-order valence-electron chi connectivity index (χ3n) is 6.23. The minimum absolute atomic E-state index is 0.0122. The summed E-state index contributed by atoms with van der Waals surface area (Å²) in [5.74, 6) is 1.86. The maximum Gasteiger partial charge on any atom is 0.301 e. The van der Waals surface area contributed by atoms with E-state index < -0.39 is 5.41 Å². The van der Waals surface area contributed by atoms with Gasteiger partial charge in [-0.3, -0.25) is 9.79 Å². The lowest BCUT2D eigenvalue weighted by Crippen LogP contribution is -2.55. The monoisotopic (exact) mass is 407 g/mol. The Morgan fingerprint density at radius 3 is 2.93 bits per heavy atom. The number of anilines is 2. The number of nitrogens with zero attached hydrogens (tertiary/aromatic N) is 4. The maximum atomic E-state index is 12.2. The minimum Gasteiger partial charge on any atom is -0.325 e. The molecular formula is C21H27N8O+. The number of quaternary nitrogens is 1. The van der Waals surface area contributed by atoms with Crippen LogP contribution in [-0.2, 0) is 10.2 Å². The molecule has 4 heterocycles. The molecular weight excluding hydrogens is 380 g/mol. The van der Waals surface area contributed by atoms with Crippen molar-refractivity contribution in [2.75, 3.05) is 30.3 Å². The zero-order valence-electron chi connectivity index (χ0n) is 17.3. The number of hydrogen-bond acceptors (Lipinski definition) is 7. The molecule has 0 spiro atoms. The fraction of sp³-hybridized carbons (Fsp3) is 0.429. The third-order valence-corrected chi connectivity index (χ3v) is 6.23. The first-order valence-corrected chi connectivity index (χ1v) is 10.4. The summed E-state index contributed by atoms with van der Waals surface area (Å²) in [7, 11) is 0. The Kier molecular flexibility index (Phi) is 4.53. The number of guanidine groups is 1. The number of amidine groups is 1. The highest BCUT2D eigenvalue weighted by atomic mass is 16.2. The molecule has 9 heteroatoms. The van der Waals surface area contributed by atoms with Crippen LogP contribution in [0.15, 0.2) is 45.7 Å². The van der Waals surface area contributed by atoms with Gasteiger partial charge in [0.25, 0.3) is 5.96 Å². The standard InChI is InChI=1S/C21H26N8O/c1-21(2)16-4-3-15(11-17(16)26-19(21)30)25-20-27-18-13-23-9-10-29(18,28-20)24-12-14-5-7-22-8-6-14/h3-4,9-11,13-14,22,24H,5-8,12H2,1-2H3,(H-,25,26,28,30)/p+1. The van der Waals surface area contributed by atoms with E-state index in [0.29, 0.717) is 11.9 Å². The van der Waals surface area contributed by atoms with Crippen LogP contribution in [0.25, 0.3) is 0 Å². The summed E-state index contributed by atoms with van der Waals surface area (Å²) >= 11 is 0. The molecule has 1 atom stereocenters. The van der Waals surface area contributed by atoms with E-state index in [1.54, 1.807) is 12.4 Å². The van der Waals surface area contributed by atoms with E-state index in [2.05, 4.69) is 31.4 Å². The molecule has 0 bridgehead atoms. The molecule has 0 aliphatic carbocycles. The summed E-state index contributed by atoms with van der Waals surface area (Å²) in [5, 5.41) is 14.4. The summed E-state index contributed by atoms with van der Waals surface area (Å²) in [5.41, 5.74) is 5.69. The number of carbonyl (C=O) groups excluding carboxylic acids is 1. The number of hydrogen-bond donors (Lipinski definition) is 4. The lowest BCUT2D eigenvalue weighted by atomic mass is 9.86. The molecule has 4 aliphatic rings. The Morgan fingerprint density at radius 2 is 2.10 bits per heavy atom. The van der Waals surface area contributed by atoms with Crippen molar-refractivity contribution < 1.29 is 9.50 Å². The third kappa shape index (κ3) is 3.24. The molecule has 156 valence electrons. The van der Waals surface area contributed by atoms with Crippen LogP contribution in [0.5, 0.6) is 0 Å². The average molecular weight is 408 g/mol. The zero-order valence-corrected chi connectivity index (χ0v) is 17.3. The molecule has 4 N–H and O–H groups in total. The fourth-order valence-electron chi connectivity index (χ4n) is 4.26. The molecule has 30 heavy (non-hydrogen) atoms. The van der Waals surface area contributed by atoms with Crippen LogP contribution in [0.2, 0.25) is 0 Å². The summed E-state index contributed by atoms with van der Waals surface area (Å²) in [6.07, 6.45) is 7.69. The highest BCUT2D eigenvalue weighted by Gasteiger charge is 2.42. The van der Waals surface area contributed by atoms with Gasteiger partial charge in [-0.25, -0.2) is 0 Å². The van der Waals surface area contributed by atoms with Gasteiger partial charge in [0.05, 0.1) is 18.2 Å². The van der Waals surface area contributed by atoms with Gasteiger partial charge in [-0.2, -0.15) is 0 Å². The average Bonchev–Trinajstić information content (AvgIpc) is 3.21. The van der Waals surface area contributed by atoms with Crippen molar-refractivity contribution in [1.29, 1.82) is 0 Å².